The number of Topliss-reactive ketones (excluding diaryl/α,β-unsaturated/α-hetero) is 1. The molecular weight excluding hydrogens is 356 g/mol. The van der Waals surface area contributed by atoms with Crippen LogP contribution >= 0.6 is 0 Å². The summed E-state index contributed by atoms with van der Waals surface area (Å²) in [5.74, 6) is 0.999. The van der Waals surface area contributed by atoms with Crippen LogP contribution in [0.15, 0.2) is 36.4 Å². The lowest BCUT2D eigenvalue weighted by atomic mass is 9.86. The molecule has 6 nitrogen and oxygen atoms in total. The Bertz CT molecular complexity index is 871. The molecule has 1 aliphatic heterocycles. The van der Waals surface area contributed by atoms with E-state index in [-0.39, 0.29) is 11.8 Å². The minimum atomic E-state index is -0.741. The third kappa shape index (κ3) is 3.30. The van der Waals surface area contributed by atoms with Crippen LogP contribution in [-0.2, 0) is 17.6 Å². The molecule has 6 heteroatoms. The molecule has 1 saturated heterocycles. The van der Waals surface area contributed by atoms with Crippen molar-refractivity contribution in [3.8, 4) is 11.5 Å². The second-order valence-electron chi connectivity index (χ2n) is 7.24. The highest BCUT2D eigenvalue weighted by atomic mass is 16.5. The van der Waals surface area contributed by atoms with Gasteiger partial charge in [-0.05, 0) is 60.1 Å². The van der Waals surface area contributed by atoms with Gasteiger partial charge in [-0.1, -0.05) is 24.3 Å². The first kappa shape index (κ1) is 18.3. The number of urea groups is 1. The van der Waals surface area contributed by atoms with Gasteiger partial charge in [0.15, 0.2) is 17.3 Å². The summed E-state index contributed by atoms with van der Waals surface area (Å²) in [4.78, 5) is 25.6. The Balaban J connectivity index is 1.66. The number of nitrogens with one attached hydrogen (secondary N) is 2. The van der Waals surface area contributed by atoms with Crippen LogP contribution in [0.4, 0.5) is 4.79 Å². The predicted octanol–water partition coefficient (Wildman–Crippen LogP) is 3.25. The molecule has 1 aliphatic carbocycles. The molecule has 2 N–H and O–H groups in total. The average Bonchev–Trinajstić information content (AvgIpc) is 2.74. The number of rotatable bonds is 4. The molecule has 0 spiro atoms. The lowest BCUT2D eigenvalue weighted by Gasteiger charge is -2.31. The molecule has 1 fully saturated rings. The molecule has 2 aromatic carbocycles. The van der Waals surface area contributed by atoms with E-state index in [4.69, 9.17) is 9.47 Å². The molecule has 2 aromatic rings. The van der Waals surface area contributed by atoms with Gasteiger partial charge in [0.1, 0.15) is 12.1 Å². The smallest absolute Gasteiger partial charge is 0.316 e. The highest BCUT2D eigenvalue weighted by Crippen LogP contribution is 2.34. The predicted molar refractivity (Wildman–Crippen MR) is 105 cm³/mol. The van der Waals surface area contributed by atoms with E-state index in [0.29, 0.717) is 17.1 Å². The molecule has 1 heterocycles. The van der Waals surface area contributed by atoms with Gasteiger partial charge >= 0.3 is 6.03 Å². The van der Waals surface area contributed by atoms with Crippen molar-refractivity contribution in [1.82, 2.24) is 10.6 Å². The Hall–Kier alpha value is -3.02. The first-order valence-electron chi connectivity index (χ1n) is 9.55. The van der Waals surface area contributed by atoms with Crippen molar-refractivity contribution >= 4 is 11.8 Å². The molecule has 0 aromatic heterocycles. The molecule has 28 heavy (non-hydrogen) atoms. The normalized spacial score (nSPS) is 21.4. The topological polar surface area (TPSA) is 76.7 Å². The molecule has 4 rings (SSSR count). The number of hydrogen-bond acceptors (Lipinski definition) is 4. The van der Waals surface area contributed by atoms with Crippen molar-refractivity contribution < 1.29 is 19.1 Å². The van der Waals surface area contributed by atoms with Crippen LogP contribution in [0.1, 0.15) is 47.2 Å². The number of carbonyl (C=O) groups is 2. The summed E-state index contributed by atoms with van der Waals surface area (Å²) < 4.78 is 10.6. The third-order valence-corrected chi connectivity index (χ3v) is 5.57. The molecular formula is C22H24N2O4. The van der Waals surface area contributed by atoms with Crippen molar-refractivity contribution in [2.75, 3.05) is 14.2 Å². The summed E-state index contributed by atoms with van der Waals surface area (Å²) in [5, 5.41) is 5.52. The third-order valence-electron chi connectivity index (χ3n) is 5.57. The Morgan fingerprint density at radius 1 is 0.786 bits per heavy atom. The standard InChI is InChI=1S/C22H24N2O4/c1-27-17-10-9-16(12-18(17)28-2)20-21(25)19(23-22(26)24-20)15-8-7-13-5-3-4-6-14(13)11-15/h7-12,19-20H,3-6H2,1-2H3,(H2,23,24,26). The SMILES string of the molecule is COc1ccc(C2NC(=O)NC(c3ccc4c(c3)CCCC4)C2=O)cc1OC. The molecule has 2 atom stereocenters. The molecule has 0 saturated carbocycles. The van der Waals surface area contributed by atoms with Gasteiger partial charge < -0.3 is 20.1 Å². The van der Waals surface area contributed by atoms with E-state index in [1.807, 2.05) is 6.07 Å². The number of methoxy groups -OCH3 is 2. The van der Waals surface area contributed by atoms with E-state index < -0.39 is 12.1 Å². The fraction of sp³-hybridized carbons (Fsp3) is 0.364. The Morgan fingerprint density at radius 2 is 1.39 bits per heavy atom. The maximum absolute atomic E-state index is 13.2. The van der Waals surface area contributed by atoms with Crippen LogP contribution in [-0.4, -0.2) is 26.0 Å². The molecule has 146 valence electrons. The largest absolute Gasteiger partial charge is 0.493 e. The van der Waals surface area contributed by atoms with Gasteiger partial charge in [0.25, 0.3) is 0 Å². The zero-order valence-electron chi connectivity index (χ0n) is 16.1. The van der Waals surface area contributed by atoms with E-state index in [0.717, 1.165) is 24.8 Å². The minimum absolute atomic E-state index is 0.0948. The molecule has 2 unspecified atom stereocenters. The Kier molecular flexibility index (Phi) is 4.94. The number of benzene rings is 2. The van der Waals surface area contributed by atoms with Crippen molar-refractivity contribution in [3.05, 3.63) is 58.7 Å². The number of amides is 2. The van der Waals surface area contributed by atoms with Crippen molar-refractivity contribution in [2.24, 2.45) is 0 Å². The zero-order chi connectivity index (χ0) is 19.7. The summed E-state index contributed by atoms with van der Waals surface area (Å²) in [5.41, 5.74) is 4.14. The molecule has 0 radical (unpaired) electrons. The van der Waals surface area contributed by atoms with Gasteiger partial charge in [-0.15, -0.1) is 0 Å². The van der Waals surface area contributed by atoms with E-state index >= 15 is 0 Å². The lowest BCUT2D eigenvalue weighted by molar-refractivity contribution is -0.123. The van der Waals surface area contributed by atoms with Crippen LogP contribution in [0.3, 0.4) is 0 Å². The number of ketones is 1. The number of aryl methyl sites for hydroxylation is 2. The molecule has 2 amide bonds. The van der Waals surface area contributed by atoms with Gasteiger partial charge in [-0.25, -0.2) is 4.79 Å². The summed E-state index contributed by atoms with van der Waals surface area (Å²) in [6.07, 6.45) is 4.47. The average molecular weight is 380 g/mol. The van der Waals surface area contributed by atoms with Crippen molar-refractivity contribution in [1.29, 1.82) is 0 Å². The molecule has 2 aliphatic rings. The van der Waals surface area contributed by atoms with Gasteiger partial charge in [0, 0.05) is 0 Å². The van der Waals surface area contributed by atoms with E-state index in [1.165, 1.54) is 17.5 Å². The zero-order valence-corrected chi connectivity index (χ0v) is 16.1. The molecule has 0 bridgehead atoms. The van der Waals surface area contributed by atoms with Crippen LogP contribution in [0.25, 0.3) is 0 Å². The number of fused-ring (bicyclic) bond motifs is 1. The minimum Gasteiger partial charge on any atom is -0.493 e. The summed E-state index contributed by atoms with van der Waals surface area (Å²) >= 11 is 0. The quantitative estimate of drug-likeness (QED) is 0.854. The number of ether oxygens (including phenoxy) is 2. The Labute approximate surface area is 164 Å². The maximum atomic E-state index is 13.2. The van der Waals surface area contributed by atoms with E-state index in [1.54, 1.807) is 32.4 Å². The van der Waals surface area contributed by atoms with Gasteiger partial charge in [0.2, 0.25) is 0 Å². The van der Waals surface area contributed by atoms with Crippen LogP contribution in [0.5, 0.6) is 11.5 Å². The second kappa shape index (κ2) is 7.54. The summed E-state index contributed by atoms with van der Waals surface area (Å²) in [6.45, 7) is 0. The van der Waals surface area contributed by atoms with Crippen molar-refractivity contribution in [3.63, 3.8) is 0 Å². The van der Waals surface area contributed by atoms with Crippen LogP contribution < -0.4 is 20.1 Å². The highest BCUT2D eigenvalue weighted by Gasteiger charge is 2.37. The monoisotopic (exact) mass is 380 g/mol. The summed E-state index contributed by atoms with van der Waals surface area (Å²) in [7, 11) is 3.10. The number of carbonyl (C=O) groups excluding carboxylic acids is 2. The van der Waals surface area contributed by atoms with Gasteiger partial charge in [0.05, 0.1) is 14.2 Å². The highest BCUT2D eigenvalue weighted by molar-refractivity contribution is 5.99. The van der Waals surface area contributed by atoms with Gasteiger partial charge in [-0.2, -0.15) is 0 Å². The fourth-order valence-corrected chi connectivity index (χ4v) is 4.07. The number of hydrogen-bond donors (Lipinski definition) is 2. The second-order valence-corrected chi connectivity index (χ2v) is 7.24. The fourth-order valence-electron chi connectivity index (χ4n) is 4.07. The van der Waals surface area contributed by atoms with E-state index in [9.17, 15) is 9.59 Å². The maximum Gasteiger partial charge on any atom is 0.316 e. The van der Waals surface area contributed by atoms with Crippen molar-refractivity contribution in [2.45, 2.75) is 37.8 Å². The summed E-state index contributed by atoms with van der Waals surface area (Å²) in [6, 6.07) is 9.62. The first-order chi connectivity index (χ1) is 13.6. The van der Waals surface area contributed by atoms with E-state index in [2.05, 4.69) is 22.8 Å². The lowest BCUT2D eigenvalue weighted by Crippen LogP contribution is -2.52. The first-order valence-corrected chi connectivity index (χ1v) is 9.55. The Morgan fingerprint density at radius 3 is 2.07 bits per heavy atom. The van der Waals surface area contributed by atoms with Crippen LogP contribution in [0, 0.1) is 0 Å². The van der Waals surface area contributed by atoms with Crippen LogP contribution in [0.2, 0.25) is 0 Å². The van der Waals surface area contributed by atoms with Gasteiger partial charge in [-0.3, -0.25) is 4.79 Å².